The quantitative estimate of drug-likeness (QED) is 0.928. The van der Waals surface area contributed by atoms with E-state index in [0.717, 1.165) is 16.9 Å². The van der Waals surface area contributed by atoms with Crippen LogP contribution in [-0.2, 0) is 4.74 Å². The number of fused-ring (bicyclic) bond motifs is 1. The van der Waals surface area contributed by atoms with Gasteiger partial charge in [0.15, 0.2) is 0 Å². The highest BCUT2D eigenvalue weighted by molar-refractivity contribution is 5.97. The van der Waals surface area contributed by atoms with Gasteiger partial charge in [0.1, 0.15) is 6.10 Å². The Labute approximate surface area is 135 Å². The van der Waals surface area contributed by atoms with E-state index in [0.29, 0.717) is 30.8 Å². The lowest BCUT2D eigenvalue weighted by Crippen LogP contribution is -2.30. The number of aromatic nitrogens is 2. The number of amides is 1. The van der Waals surface area contributed by atoms with Gasteiger partial charge in [-0.3, -0.25) is 4.79 Å². The molecule has 1 aliphatic heterocycles. The van der Waals surface area contributed by atoms with Crippen LogP contribution in [0.2, 0.25) is 0 Å². The number of ether oxygens (including phenoxy) is 1. The number of carbonyl (C=O) groups is 1. The molecule has 6 nitrogen and oxygen atoms in total. The summed E-state index contributed by atoms with van der Waals surface area (Å²) in [5.41, 5.74) is 3.78. The molecule has 1 aromatic heterocycles. The van der Waals surface area contributed by atoms with Gasteiger partial charge in [0.2, 0.25) is 0 Å². The molecule has 0 spiro atoms. The molecule has 1 aromatic carbocycles. The van der Waals surface area contributed by atoms with Crippen molar-refractivity contribution in [2.24, 2.45) is 0 Å². The number of rotatable bonds is 3. The monoisotopic (exact) mass is 315 g/mol. The molecule has 0 unspecified atom stereocenters. The number of hydrogen-bond acceptors (Lipinski definition) is 5. The van der Waals surface area contributed by atoms with E-state index in [2.05, 4.69) is 9.97 Å². The zero-order chi connectivity index (χ0) is 16.6. The Balaban J connectivity index is 1.85. The van der Waals surface area contributed by atoms with Crippen LogP contribution in [0.25, 0.3) is 11.0 Å². The van der Waals surface area contributed by atoms with E-state index in [-0.39, 0.29) is 12.0 Å². The molecule has 0 radical (unpaired) electrons. The number of hydrogen-bond donors (Lipinski definition) is 1. The van der Waals surface area contributed by atoms with Crippen molar-refractivity contribution in [1.82, 2.24) is 14.9 Å². The highest BCUT2D eigenvalue weighted by atomic mass is 16.5. The second kappa shape index (κ2) is 6.22. The molecule has 0 aliphatic carbocycles. The molecular formula is C17H21N3O3. The van der Waals surface area contributed by atoms with Gasteiger partial charge in [-0.15, -0.1) is 0 Å². The van der Waals surface area contributed by atoms with E-state index in [1.165, 1.54) is 0 Å². The first-order valence-electron chi connectivity index (χ1n) is 7.83. The normalized spacial score (nSPS) is 21.1. The van der Waals surface area contributed by atoms with E-state index >= 15 is 0 Å². The second-order valence-electron chi connectivity index (χ2n) is 5.87. The SMILES string of the molecule is CCO[C@H]1CN(C(=O)c2ccc3nc(C)c(C)nc3c2)C[C@@H]1O. The Hall–Kier alpha value is -2.05. The first-order valence-corrected chi connectivity index (χ1v) is 7.83. The third-order valence-corrected chi connectivity index (χ3v) is 4.23. The van der Waals surface area contributed by atoms with Crippen LogP contribution in [0.4, 0.5) is 0 Å². The maximum absolute atomic E-state index is 12.6. The molecule has 2 atom stereocenters. The van der Waals surface area contributed by atoms with Crippen LogP contribution in [0.1, 0.15) is 28.7 Å². The lowest BCUT2D eigenvalue weighted by Gasteiger charge is -2.16. The molecular weight excluding hydrogens is 294 g/mol. The van der Waals surface area contributed by atoms with Crippen molar-refractivity contribution in [2.45, 2.75) is 33.0 Å². The lowest BCUT2D eigenvalue weighted by atomic mass is 10.1. The molecule has 2 aromatic rings. The molecule has 6 heteroatoms. The number of aryl methyl sites for hydroxylation is 2. The van der Waals surface area contributed by atoms with Crippen LogP contribution in [0.5, 0.6) is 0 Å². The molecule has 0 saturated carbocycles. The number of β-amino-alcohol motifs (C(OH)–C–C–N with tert-alkyl or cyclic N) is 1. The summed E-state index contributed by atoms with van der Waals surface area (Å²) in [5, 5.41) is 9.98. The Kier molecular flexibility index (Phi) is 4.28. The molecule has 1 N–H and O–H groups in total. The van der Waals surface area contributed by atoms with Crippen molar-refractivity contribution in [3.05, 3.63) is 35.2 Å². The van der Waals surface area contributed by atoms with Gasteiger partial charge in [0.05, 0.1) is 28.5 Å². The number of nitrogens with zero attached hydrogens (tertiary/aromatic N) is 3. The molecule has 122 valence electrons. The van der Waals surface area contributed by atoms with Crippen LogP contribution in [0.15, 0.2) is 18.2 Å². The predicted molar refractivity (Wildman–Crippen MR) is 86.3 cm³/mol. The summed E-state index contributed by atoms with van der Waals surface area (Å²) >= 11 is 0. The molecule has 1 fully saturated rings. The van der Waals surface area contributed by atoms with Crippen molar-refractivity contribution in [1.29, 1.82) is 0 Å². The maximum Gasteiger partial charge on any atom is 0.254 e. The predicted octanol–water partition coefficient (Wildman–Crippen LogP) is 1.47. The summed E-state index contributed by atoms with van der Waals surface area (Å²) in [7, 11) is 0. The topological polar surface area (TPSA) is 75.5 Å². The average Bonchev–Trinajstić information content (AvgIpc) is 2.89. The first kappa shape index (κ1) is 15.8. The highest BCUT2D eigenvalue weighted by Crippen LogP contribution is 2.19. The summed E-state index contributed by atoms with van der Waals surface area (Å²) < 4.78 is 5.46. The fourth-order valence-corrected chi connectivity index (χ4v) is 2.85. The summed E-state index contributed by atoms with van der Waals surface area (Å²) in [6.45, 7) is 6.92. The largest absolute Gasteiger partial charge is 0.388 e. The first-order chi connectivity index (χ1) is 11.0. The van der Waals surface area contributed by atoms with Crippen molar-refractivity contribution in [3.63, 3.8) is 0 Å². The lowest BCUT2D eigenvalue weighted by molar-refractivity contribution is -0.00237. The van der Waals surface area contributed by atoms with E-state index in [9.17, 15) is 9.90 Å². The van der Waals surface area contributed by atoms with Gasteiger partial charge in [-0.2, -0.15) is 0 Å². The van der Waals surface area contributed by atoms with Gasteiger partial charge in [0.25, 0.3) is 5.91 Å². The fraction of sp³-hybridized carbons (Fsp3) is 0.471. The molecule has 1 saturated heterocycles. The maximum atomic E-state index is 12.6. The van der Waals surface area contributed by atoms with Crippen LogP contribution in [-0.4, -0.2) is 57.8 Å². The molecule has 0 bridgehead atoms. The molecule has 3 rings (SSSR count). The van der Waals surface area contributed by atoms with Crippen molar-refractivity contribution in [3.8, 4) is 0 Å². The van der Waals surface area contributed by atoms with E-state index < -0.39 is 6.10 Å². The Morgan fingerprint density at radius 1 is 1.26 bits per heavy atom. The number of aliphatic hydroxyl groups excluding tert-OH is 1. The summed E-state index contributed by atoms with van der Waals surface area (Å²) in [6, 6.07) is 5.33. The Bertz CT molecular complexity index is 747. The Morgan fingerprint density at radius 3 is 2.65 bits per heavy atom. The zero-order valence-corrected chi connectivity index (χ0v) is 13.6. The minimum absolute atomic E-state index is 0.117. The average molecular weight is 315 g/mol. The fourth-order valence-electron chi connectivity index (χ4n) is 2.85. The van der Waals surface area contributed by atoms with Gasteiger partial charge in [0, 0.05) is 25.3 Å². The van der Waals surface area contributed by atoms with Gasteiger partial charge in [-0.25, -0.2) is 9.97 Å². The number of carbonyl (C=O) groups excluding carboxylic acids is 1. The number of likely N-dealkylation sites (tertiary alicyclic amines) is 1. The van der Waals surface area contributed by atoms with E-state index in [1.807, 2.05) is 26.8 Å². The number of benzene rings is 1. The van der Waals surface area contributed by atoms with Crippen LogP contribution in [0, 0.1) is 13.8 Å². The standard InChI is InChI=1S/C17H21N3O3/c1-4-23-16-9-20(8-15(16)21)17(22)12-5-6-13-14(7-12)19-11(3)10(2)18-13/h5-7,15-16,21H,4,8-9H2,1-3H3/t15-,16-/m0/s1. The van der Waals surface area contributed by atoms with Crippen LogP contribution >= 0.6 is 0 Å². The van der Waals surface area contributed by atoms with Gasteiger partial charge in [-0.05, 0) is 39.0 Å². The summed E-state index contributed by atoms with van der Waals surface area (Å²) in [6.07, 6.45) is -0.946. The molecule has 1 aliphatic rings. The minimum atomic E-state index is -0.635. The zero-order valence-electron chi connectivity index (χ0n) is 13.6. The number of aliphatic hydroxyl groups is 1. The third-order valence-electron chi connectivity index (χ3n) is 4.23. The smallest absolute Gasteiger partial charge is 0.254 e. The van der Waals surface area contributed by atoms with Crippen molar-refractivity contribution < 1.29 is 14.6 Å². The molecule has 2 heterocycles. The summed E-state index contributed by atoms with van der Waals surface area (Å²) in [5.74, 6) is -0.117. The van der Waals surface area contributed by atoms with Crippen LogP contribution < -0.4 is 0 Å². The highest BCUT2D eigenvalue weighted by Gasteiger charge is 2.34. The minimum Gasteiger partial charge on any atom is -0.388 e. The molecule has 1 amide bonds. The van der Waals surface area contributed by atoms with Crippen molar-refractivity contribution in [2.75, 3.05) is 19.7 Å². The molecule has 23 heavy (non-hydrogen) atoms. The third kappa shape index (κ3) is 3.04. The van der Waals surface area contributed by atoms with E-state index in [4.69, 9.17) is 4.74 Å². The van der Waals surface area contributed by atoms with Gasteiger partial charge < -0.3 is 14.7 Å². The van der Waals surface area contributed by atoms with E-state index in [1.54, 1.807) is 17.0 Å². The second-order valence-corrected chi connectivity index (χ2v) is 5.87. The summed E-state index contributed by atoms with van der Waals surface area (Å²) in [4.78, 5) is 23.2. The van der Waals surface area contributed by atoms with Gasteiger partial charge in [-0.1, -0.05) is 0 Å². The van der Waals surface area contributed by atoms with Crippen LogP contribution in [0.3, 0.4) is 0 Å². The van der Waals surface area contributed by atoms with Gasteiger partial charge >= 0.3 is 0 Å². The van der Waals surface area contributed by atoms with Crippen molar-refractivity contribution >= 4 is 16.9 Å². The Morgan fingerprint density at radius 2 is 1.96 bits per heavy atom.